The first kappa shape index (κ1) is 24.7. The van der Waals surface area contributed by atoms with Crippen molar-refractivity contribution in [2.45, 2.75) is 53.6 Å². The monoisotopic (exact) mass is 473 g/mol. The lowest BCUT2D eigenvalue weighted by atomic mass is 9.97. The molecule has 0 atom stereocenters. The van der Waals surface area contributed by atoms with Crippen LogP contribution in [0.5, 0.6) is 0 Å². The lowest BCUT2D eigenvalue weighted by Crippen LogP contribution is -2.28. The van der Waals surface area contributed by atoms with Crippen molar-refractivity contribution in [2.75, 3.05) is 25.0 Å². The predicted molar refractivity (Wildman–Crippen MR) is 141 cm³/mol. The van der Waals surface area contributed by atoms with E-state index in [-0.39, 0.29) is 18.0 Å². The number of carbonyl (C=O) groups excluding carboxylic acids is 1. The molecule has 7 heteroatoms. The van der Waals surface area contributed by atoms with Crippen LogP contribution in [-0.4, -0.2) is 40.4 Å². The molecule has 0 spiro atoms. The number of amides is 1. The van der Waals surface area contributed by atoms with E-state index in [4.69, 9.17) is 4.98 Å². The van der Waals surface area contributed by atoms with Gasteiger partial charge in [0.25, 0.3) is 11.5 Å². The number of nitrogens with one attached hydrogen (secondary N) is 3. The van der Waals surface area contributed by atoms with Crippen LogP contribution in [0.4, 0.5) is 5.69 Å². The predicted octanol–water partition coefficient (Wildman–Crippen LogP) is 4.32. The third-order valence-electron chi connectivity index (χ3n) is 6.68. The quantitative estimate of drug-likeness (QED) is 0.453. The van der Waals surface area contributed by atoms with Crippen molar-refractivity contribution < 1.29 is 4.79 Å². The number of carbonyl (C=O) groups is 1. The Morgan fingerprint density at radius 2 is 1.86 bits per heavy atom. The lowest BCUT2D eigenvalue weighted by molar-refractivity contribution is 0.0950. The fraction of sp³-hybridized carbons (Fsp3) is 0.393. The number of likely N-dealkylation sites (tertiary alicyclic amines) is 1. The number of hydrogen-bond acceptors (Lipinski definition) is 5. The molecule has 184 valence electrons. The van der Waals surface area contributed by atoms with E-state index in [1.807, 2.05) is 46.0 Å². The third kappa shape index (κ3) is 5.80. The Morgan fingerprint density at radius 1 is 1.09 bits per heavy atom. The molecule has 0 radical (unpaired) electrons. The van der Waals surface area contributed by atoms with Gasteiger partial charge in [0.2, 0.25) is 0 Å². The fourth-order valence-corrected chi connectivity index (χ4v) is 4.71. The number of H-pyrrole nitrogens is 1. The van der Waals surface area contributed by atoms with Crippen LogP contribution in [0.1, 0.15) is 58.2 Å². The van der Waals surface area contributed by atoms with E-state index in [0.29, 0.717) is 11.1 Å². The van der Waals surface area contributed by atoms with E-state index < -0.39 is 0 Å². The minimum Gasteiger partial charge on any atom is -0.385 e. The molecule has 1 aliphatic heterocycles. The maximum atomic E-state index is 13.2. The Bertz CT molecular complexity index is 1260. The smallest absolute Gasteiger partial charge is 0.253 e. The summed E-state index contributed by atoms with van der Waals surface area (Å²) in [6.07, 6.45) is 4.41. The average molecular weight is 474 g/mol. The molecule has 1 amide bonds. The van der Waals surface area contributed by atoms with Gasteiger partial charge < -0.3 is 15.6 Å². The SMILES string of the molecule is CCNc1cc(-c2ccc(CN3CCCC3)nc2)cc(C(=O)NCc2c(C)cc(C)[nH]c2=O)c1C. The van der Waals surface area contributed by atoms with Gasteiger partial charge >= 0.3 is 0 Å². The van der Waals surface area contributed by atoms with Crippen LogP contribution < -0.4 is 16.2 Å². The Morgan fingerprint density at radius 3 is 2.51 bits per heavy atom. The number of aromatic nitrogens is 2. The summed E-state index contributed by atoms with van der Waals surface area (Å²) in [6.45, 7) is 11.8. The van der Waals surface area contributed by atoms with Crippen LogP contribution in [0, 0.1) is 20.8 Å². The van der Waals surface area contributed by atoms with Crippen LogP contribution in [0.15, 0.2) is 41.3 Å². The highest BCUT2D eigenvalue weighted by atomic mass is 16.1. The molecule has 7 nitrogen and oxygen atoms in total. The van der Waals surface area contributed by atoms with Crippen molar-refractivity contribution in [2.24, 2.45) is 0 Å². The highest BCUT2D eigenvalue weighted by Crippen LogP contribution is 2.29. The Hall–Kier alpha value is -3.45. The van der Waals surface area contributed by atoms with Crippen molar-refractivity contribution in [3.63, 3.8) is 0 Å². The molecule has 3 N–H and O–H groups in total. The Labute approximate surface area is 207 Å². The van der Waals surface area contributed by atoms with Crippen LogP contribution in [0.3, 0.4) is 0 Å². The first-order chi connectivity index (χ1) is 16.9. The number of nitrogens with zero attached hydrogens (tertiary/aromatic N) is 2. The van der Waals surface area contributed by atoms with Crippen LogP contribution >= 0.6 is 0 Å². The summed E-state index contributed by atoms with van der Waals surface area (Å²) in [5, 5.41) is 6.32. The van der Waals surface area contributed by atoms with Crippen molar-refractivity contribution in [1.82, 2.24) is 20.2 Å². The van der Waals surface area contributed by atoms with Crippen molar-refractivity contribution in [1.29, 1.82) is 0 Å². The molecule has 1 saturated heterocycles. The van der Waals surface area contributed by atoms with Crippen molar-refractivity contribution >= 4 is 11.6 Å². The van der Waals surface area contributed by atoms with Gasteiger partial charge in [-0.2, -0.15) is 0 Å². The number of anilines is 1. The molecule has 1 fully saturated rings. The molecule has 0 bridgehead atoms. The van der Waals surface area contributed by atoms with E-state index in [2.05, 4.69) is 38.7 Å². The van der Waals surface area contributed by atoms with Crippen LogP contribution in [0.25, 0.3) is 11.1 Å². The van der Waals surface area contributed by atoms with E-state index in [1.54, 1.807) is 0 Å². The molecular formula is C28H35N5O2. The zero-order valence-electron chi connectivity index (χ0n) is 21.1. The molecule has 2 aromatic heterocycles. The first-order valence-electron chi connectivity index (χ1n) is 12.4. The summed E-state index contributed by atoms with van der Waals surface area (Å²) in [5.41, 5.74) is 7.42. The number of aryl methyl sites for hydroxylation is 2. The Balaban J connectivity index is 1.58. The number of aromatic amines is 1. The van der Waals surface area contributed by atoms with Crippen LogP contribution in [-0.2, 0) is 13.1 Å². The average Bonchev–Trinajstić information content (AvgIpc) is 3.33. The zero-order valence-corrected chi connectivity index (χ0v) is 21.1. The molecular weight excluding hydrogens is 438 g/mol. The topological polar surface area (TPSA) is 90.1 Å². The molecule has 4 rings (SSSR count). The number of pyridine rings is 2. The summed E-state index contributed by atoms with van der Waals surface area (Å²) in [4.78, 5) is 35.5. The first-order valence-corrected chi connectivity index (χ1v) is 12.4. The van der Waals surface area contributed by atoms with Gasteiger partial charge in [-0.25, -0.2) is 0 Å². The van der Waals surface area contributed by atoms with Gasteiger partial charge in [-0.3, -0.25) is 19.5 Å². The maximum Gasteiger partial charge on any atom is 0.253 e. The van der Waals surface area contributed by atoms with E-state index >= 15 is 0 Å². The maximum absolute atomic E-state index is 13.2. The summed E-state index contributed by atoms with van der Waals surface area (Å²) < 4.78 is 0. The second-order valence-electron chi connectivity index (χ2n) is 9.37. The molecule has 1 aromatic carbocycles. The van der Waals surface area contributed by atoms with Crippen molar-refractivity contribution in [3.8, 4) is 11.1 Å². The summed E-state index contributed by atoms with van der Waals surface area (Å²) in [7, 11) is 0. The lowest BCUT2D eigenvalue weighted by Gasteiger charge is -2.17. The second-order valence-corrected chi connectivity index (χ2v) is 9.37. The van der Waals surface area contributed by atoms with E-state index in [1.165, 1.54) is 12.8 Å². The molecule has 35 heavy (non-hydrogen) atoms. The van der Waals surface area contributed by atoms with Gasteiger partial charge in [0.1, 0.15) is 0 Å². The molecule has 0 saturated carbocycles. The Kier molecular flexibility index (Phi) is 7.66. The highest BCUT2D eigenvalue weighted by Gasteiger charge is 2.17. The van der Waals surface area contributed by atoms with Gasteiger partial charge in [0.05, 0.1) is 5.69 Å². The number of hydrogen-bond donors (Lipinski definition) is 3. The summed E-state index contributed by atoms with van der Waals surface area (Å²) >= 11 is 0. The summed E-state index contributed by atoms with van der Waals surface area (Å²) in [6, 6.07) is 10.1. The molecule has 0 aliphatic carbocycles. The zero-order chi connectivity index (χ0) is 24.9. The number of benzene rings is 1. The molecule has 0 unspecified atom stereocenters. The molecule has 3 heterocycles. The summed E-state index contributed by atoms with van der Waals surface area (Å²) in [5.74, 6) is -0.207. The third-order valence-corrected chi connectivity index (χ3v) is 6.68. The van der Waals surface area contributed by atoms with Gasteiger partial charge in [-0.15, -0.1) is 0 Å². The van der Waals surface area contributed by atoms with Crippen LogP contribution in [0.2, 0.25) is 0 Å². The van der Waals surface area contributed by atoms with Crippen molar-refractivity contribution in [3.05, 3.63) is 80.5 Å². The van der Waals surface area contributed by atoms with Gasteiger partial charge in [-0.05, 0) is 94.6 Å². The largest absolute Gasteiger partial charge is 0.385 e. The molecule has 3 aromatic rings. The van der Waals surface area contributed by atoms with Gasteiger partial charge in [-0.1, -0.05) is 6.07 Å². The van der Waals surface area contributed by atoms with E-state index in [0.717, 1.165) is 65.5 Å². The fourth-order valence-electron chi connectivity index (χ4n) is 4.71. The van der Waals surface area contributed by atoms with Gasteiger partial charge in [0.15, 0.2) is 0 Å². The minimum absolute atomic E-state index is 0.165. The highest BCUT2D eigenvalue weighted by molar-refractivity contribution is 5.98. The standard InChI is InChI=1S/C28H35N5O2/c1-5-29-26-14-22(21-8-9-23(30-15-21)17-33-10-6-7-11-33)13-24(20(26)4)27(34)31-16-25-18(2)12-19(3)32-28(25)35/h8-9,12-15,29H,5-7,10-11,16-17H2,1-4H3,(H,31,34)(H,32,35). The normalized spacial score (nSPS) is 13.7. The number of rotatable bonds is 8. The minimum atomic E-state index is -0.207. The van der Waals surface area contributed by atoms with Gasteiger partial charge in [0, 0.05) is 53.9 Å². The van der Waals surface area contributed by atoms with E-state index in [9.17, 15) is 9.59 Å². The second kappa shape index (κ2) is 10.9. The molecule has 1 aliphatic rings.